The number of hydrogen-bond donors (Lipinski definition) is 0. The van der Waals surface area contributed by atoms with Crippen molar-refractivity contribution in [2.75, 3.05) is 0 Å². The lowest BCUT2D eigenvalue weighted by Gasteiger charge is -2.05. The van der Waals surface area contributed by atoms with Crippen molar-refractivity contribution in [3.63, 3.8) is 0 Å². The van der Waals surface area contributed by atoms with Gasteiger partial charge in [-0.2, -0.15) is 5.26 Å². The zero-order valence-corrected chi connectivity index (χ0v) is 9.40. The first-order valence-electron chi connectivity index (χ1n) is 4.66. The van der Waals surface area contributed by atoms with E-state index in [0.717, 1.165) is 0 Å². The maximum atomic E-state index is 13.7. The van der Waals surface area contributed by atoms with Gasteiger partial charge in [-0.25, -0.2) is 4.39 Å². The molecule has 1 aromatic rings. The van der Waals surface area contributed by atoms with Crippen LogP contribution in [0.15, 0.2) is 23.8 Å². The van der Waals surface area contributed by atoms with E-state index < -0.39 is 0 Å². The second-order valence-corrected chi connectivity index (χ2v) is 3.57. The molecule has 0 N–H and O–H groups in total. The average Bonchev–Trinajstić information content (AvgIpc) is 2.23. The number of nitrogens with zero attached hydrogens (tertiary/aromatic N) is 1. The molecule has 0 saturated heterocycles. The van der Waals surface area contributed by atoms with E-state index in [1.807, 2.05) is 13.0 Å². The lowest BCUT2D eigenvalue weighted by Crippen LogP contribution is -1.91. The maximum absolute atomic E-state index is 13.7. The highest BCUT2D eigenvalue weighted by molar-refractivity contribution is 6.49. The Bertz CT molecular complexity index is 443. The summed E-state index contributed by atoms with van der Waals surface area (Å²) in [6, 6.07) is 6.95. The summed E-state index contributed by atoms with van der Waals surface area (Å²) < 4.78 is 13.7. The minimum absolute atomic E-state index is 0.209. The summed E-state index contributed by atoms with van der Waals surface area (Å²) in [4.78, 5) is 0. The number of allylic oxidation sites excluding steroid dienone is 1. The molecule has 78 valence electrons. The molecule has 0 amide bonds. The van der Waals surface area contributed by atoms with Crippen LogP contribution in [0.3, 0.4) is 0 Å². The molecule has 0 radical (unpaired) electrons. The zero-order chi connectivity index (χ0) is 11.4. The van der Waals surface area contributed by atoms with Crippen LogP contribution in [0.25, 0.3) is 5.03 Å². The van der Waals surface area contributed by atoms with Crippen LogP contribution in [-0.2, 0) is 0 Å². The van der Waals surface area contributed by atoms with Gasteiger partial charge in [-0.05, 0) is 18.9 Å². The van der Waals surface area contributed by atoms with Crippen molar-refractivity contribution in [2.45, 2.75) is 20.3 Å². The number of halogens is 2. The SMILES string of the molecule is CC/C(C#N)=C(/Cl)c1cccc(C)c1F. The van der Waals surface area contributed by atoms with E-state index >= 15 is 0 Å². The molecule has 0 atom stereocenters. The van der Waals surface area contributed by atoms with Crippen molar-refractivity contribution in [3.05, 3.63) is 40.7 Å². The molecule has 0 saturated carbocycles. The molecular formula is C12H11ClFN. The standard InChI is InChI=1S/C12H11ClFN/c1-3-9(7-15)11(13)10-6-4-5-8(2)12(10)14/h4-6H,3H2,1-2H3/b11-9-. The monoisotopic (exact) mass is 223 g/mol. The number of aryl methyl sites for hydroxylation is 1. The molecule has 0 aliphatic heterocycles. The van der Waals surface area contributed by atoms with Crippen LogP contribution in [0.2, 0.25) is 0 Å². The predicted octanol–water partition coefficient (Wildman–Crippen LogP) is 4.02. The molecule has 15 heavy (non-hydrogen) atoms. The summed E-state index contributed by atoms with van der Waals surface area (Å²) in [7, 11) is 0. The maximum Gasteiger partial charge on any atom is 0.134 e. The van der Waals surface area contributed by atoms with Gasteiger partial charge in [0.1, 0.15) is 5.82 Å². The Morgan fingerprint density at radius 2 is 2.20 bits per heavy atom. The normalized spacial score (nSPS) is 11.9. The van der Waals surface area contributed by atoms with Gasteiger partial charge in [-0.15, -0.1) is 0 Å². The van der Waals surface area contributed by atoms with Crippen LogP contribution >= 0.6 is 11.6 Å². The second kappa shape index (κ2) is 4.95. The zero-order valence-electron chi connectivity index (χ0n) is 8.64. The fourth-order valence-electron chi connectivity index (χ4n) is 1.26. The summed E-state index contributed by atoms with van der Waals surface area (Å²) in [6.45, 7) is 3.48. The Morgan fingerprint density at radius 1 is 1.53 bits per heavy atom. The third kappa shape index (κ3) is 2.37. The largest absolute Gasteiger partial charge is 0.206 e. The molecule has 0 fully saturated rings. The van der Waals surface area contributed by atoms with Gasteiger partial charge in [-0.1, -0.05) is 36.7 Å². The van der Waals surface area contributed by atoms with Crippen LogP contribution in [0.1, 0.15) is 24.5 Å². The summed E-state index contributed by atoms with van der Waals surface area (Å²) in [6.07, 6.45) is 0.503. The third-order valence-corrected chi connectivity index (χ3v) is 2.61. The molecular weight excluding hydrogens is 213 g/mol. The molecule has 1 nitrogen and oxygen atoms in total. The number of benzene rings is 1. The fraction of sp³-hybridized carbons (Fsp3) is 0.250. The fourth-order valence-corrected chi connectivity index (χ4v) is 1.58. The molecule has 0 aliphatic carbocycles. The van der Waals surface area contributed by atoms with E-state index in [-0.39, 0.29) is 10.8 Å². The van der Waals surface area contributed by atoms with Gasteiger partial charge in [0, 0.05) is 11.1 Å². The van der Waals surface area contributed by atoms with Crippen molar-refractivity contribution in [1.82, 2.24) is 0 Å². The molecule has 0 heterocycles. The van der Waals surface area contributed by atoms with Crippen LogP contribution in [0, 0.1) is 24.1 Å². The predicted molar refractivity (Wildman–Crippen MR) is 59.8 cm³/mol. The van der Waals surface area contributed by atoms with E-state index in [1.54, 1.807) is 25.1 Å². The van der Waals surface area contributed by atoms with E-state index in [1.165, 1.54) is 0 Å². The lowest BCUT2D eigenvalue weighted by molar-refractivity contribution is 0.615. The molecule has 0 bridgehead atoms. The first kappa shape index (κ1) is 11.7. The Balaban J connectivity index is 3.35. The molecule has 1 rings (SSSR count). The van der Waals surface area contributed by atoms with Crippen molar-refractivity contribution in [3.8, 4) is 6.07 Å². The van der Waals surface area contributed by atoms with E-state index in [9.17, 15) is 4.39 Å². The summed E-state index contributed by atoms with van der Waals surface area (Å²) in [5.74, 6) is -0.358. The quantitative estimate of drug-likeness (QED) is 0.695. The van der Waals surface area contributed by atoms with Crippen LogP contribution < -0.4 is 0 Å². The van der Waals surface area contributed by atoms with Crippen molar-refractivity contribution in [2.24, 2.45) is 0 Å². The number of nitriles is 1. The van der Waals surface area contributed by atoms with Gasteiger partial charge in [0.2, 0.25) is 0 Å². The van der Waals surface area contributed by atoms with Gasteiger partial charge in [0.05, 0.1) is 11.1 Å². The highest BCUT2D eigenvalue weighted by Crippen LogP contribution is 2.27. The van der Waals surface area contributed by atoms with Gasteiger partial charge in [0.15, 0.2) is 0 Å². The Kier molecular flexibility index (Phi) is 3.88. The average molecular weight is 224 g/mol. The number of hydrogen-bond acceptors (Lipinski definition) is 1. The molecule has 0 aliphatic rings. The first-order valence-corrected chi connectivity index (χ1v) is 5.03. The highest BCUT2D eigenvalue weighted by Gasteiger charge is 2.11. The summed E-state index contributed by atoms with van der Waals surface area (Å²) in [5.41, 5.74) is 1.23. The summed E-state index contributed by atoms with van der Waals surface area (Å²) >= 11 is 5.97. The van der Waals surface area contributed by atoms with Gasteiger partial charge in [-0.3, -0.25) is 0 Å². The Labute approximate surface area is 93.8 Å². The van der Waals surface area contributed by atoms with Crippen molar-refractivity contribution < 1.29 is 4.39 Å². The topological polar surface area (TPSA) is 23.8 Å². The molecule has 3 heteroatoms. The smallest absolute Gasteiger partial charge is 0.134 e. The third-order valence-electron chi connectivity index (χ3n) is 2.18. The Hall–Kier alpha value is -1.33. The van der Waals surface area contributed by atoms with Gasteiger partial charge >= 0.3 is 0 Å². The number of rotatable bonds is 2. The van der Waals surface area contributed by atoms with Crippen LogP contribution in [-0.4, -0.2) is 0 Å². The van der Waals surface area contributed by atoms with Gasteiger partial charge < -0.3 is 0 Å². The second-order valence-electron chi connectivity index (χ2n) is 3.19. The molecule has 1 aromatic carbocycles. The highest BCUT2D eigenvalue weighted by atomic mass is 35.5. The molecule has 0 unspecified atom stereocenters. The van der Waals surface area contributed by atoms with Crippen LogP contribution in [0.5, 0.6) is 0 Å². The first-order chi connectivity index (χ1) is 7.11. The van der Waals surface area contributed by atoms with Crippen molar-refractivity contribution >= 4 is 16.6 Å². The van der Waals surface area contributed by atoms with E-state index in [4.69, 9.17) is 16.9 Å². The molecule has 0 spiro atoms. The Morgan fingerprint density at radius 3 is 2.73 bits per heavy atom. The minimum Gasteiger partial charge on any atom is -0.206 e. The molecule has 0 aromatic heterocycles. The lowest BCUT2D eigenvalue weighted by atomic mass is 10.1. The minimum atomic E-state index is -0.358. The van der Waals surface area contributed by atoms with E-state index in [0.29, 0.717) is 23.1 Å². The van der Waals surface area contributed by atoms with Gasteiger partial charge in [0.25, 0.3) is 0 Å². The van der Waals surface area contributed by atoms with Crippen molar-refractivity contribution in [1.29, 1.82) is 5.26 Å². The van der Waals surface area contributed by atoms with E-state index in [2.05, 4.69) is 0 Å². The summed E-state index contributed by atoms with van der Waals surface area (Å²) in [5, 5.41) is 9.01. The van der Waals surface area contributed by atoms with Crippen LogP contribution in [0.4, 0.5) is 4.39 Å².